The maximum atomic E-state index is 13.7. The smallest absolute Gasteiger partial charge is 0.266 e. The van der Waals surface area contributed by atoms with Crippen molar-refractivity contribution in [3.05, 3.63) is 82.6 Å². The number of para-hydroxylation sites is 1. The summed E-state index contributed by atoms with van der Waals surface area (Å²) in [6, 6.07) is 17.1. The molecule has 2 N–H and O–H groups in total. The molecular formula is C26H21ClFN3O5. The number of carbonyl (C=O) groups is 2. The van der Waals surface area contributed by atoms with Gasteiger partial charge >= 0.3 is 0 Å². The number of anilines is 2. The Hall–Kier alpha value is -4.55. The second-order valence-electron chi connectivity index (χ2n) is 7.20. The molecule has 0 aliphatic heterocycles. The number of nitrogens with one attached hydrogen (secondary N) is 2. The van der Waals surface area contributed by atoms with Gasteiger partial charge in [0.05, 0.1) is 24.9 Å². The molecule has 184 valence electrons. The predicted octanol–water partition coefficient (Wildman–Crippen LogP) is 5.06. The fourth-order valence-electron chi connectivity index (χ4n) is 3.04. The molecule has 0 saturated heterocycles. The van der Waals surface area contributed by atoms with Crippen molar-refractivity contribution in [1.82, 2.24) is 0 Å². The Bertz CT molecular complexity index is 1340. The molecule has 0 spiro atoms. The number of nitrogens with zero attached hydrogens (tertiary/aromatic N) is 1. The van der Waals surface area contributed by atoms with Crippen LogP contribution in [0.3, 0.4) is 0 Å². The number of methoxy groups -OCH3 is 2. The lowest BCUT2D eigenvalue weighted by Crippen LogP contribution is -2.21. The second-order valence-corrected chi connectivity index (χ2v) is 7.61. The zero-order chi connectivity index (χ0) is 26.1. The van der Waals surface area contributed by atoms with Crippen molar-refractivity contribution in [2.75, 3.05) is 31.5 Å². The molecule has 0 bridgehead atoms. The van der Waals surface area contributed by atoms with Gasteiger partial charge in [0.1, 0.15) is 23.2 Å². The number of halogens is 2. The zero-order valence-corrected chi connectivity index (χ0v) is 20.1. The van der Waals surface area contributed by atoms with Crippen molar-refractivity contribution in [3.63, 3.8) is 0 Å². The van der Waals surface area contributed by atoms with Crippen LogP contribution in [0.4, 0.5) is 15.8 Å². The van der Waals surface area contributed by atoms with Crippen LogP contribution in [0.25, 0.3) is 6.08 Å². The van der Waals surface area contributed by atoms with Crippen molar-refractivity contribution in [1.29, 1.82) is 5.26 Å². The molecule has 0 aliphatic carbocycles. The third-order valence-corrected chi connectivity index (χ3v) is 5.05. The van der Waals surface area contributed by atoms with E-state index in [-0.39, 0.29) is 27.8 Å². The van der Waals surface area contributed by atoms with Gasteiger partial charge in [-0.3, -0.25) is 9.59 Å². The molecule has 10 heteroatoms. The summed E-state index contributed by atoms with van der Waals surface area (Å²) in [4.78, 5) is 24.7. The minimum atomic E-state index is -0.622. The van der Waals surface area contributed by atoms with Crippen LogP contribution >= 0.6 is 11.6 Å². The number of carbonyl (C=O) groups excluding carboxylic acids is 2. The SMILES string of the molecule is COc1ccc(NC(=O)/C(C#N)=C\c2cc(Cl)c(OCC(=O)Nc3ccccc3F)c(OC)c2)cc1. The van der Waals surface area contributed by atoms with E-state index in [1.165, 1.54) is 50.6 Å². The molecule has 2 amide bonds. The van der Waals surface area contributed by atoms with E-state index in [1.54, 1.807) is 30.3 Å². The molecule has 0 aromatic heterocycles. The third-order valence-electron chi connectivity index (χ3n) is 4.77. The van der Waals surface area contributed by atoms with Crippen molar-refractivity contribution < 1.29 is 28.2 Å². The second kappa shape index (κ2) is 12.2. The van der Waals surface area contributed by atoms with Gasteiger partial charge in [0.2, 0.25) is 0 Å². The predicted molar refractivity (Wildman–Crippen MR) is 134 cm³/mol. The van der Waals surface area contributed by atoms with Crippen LogP contribution in [0.1, 0.15) is 5.56 Å². The van der Waals surface area contributed by atoms with E-state index in [2.05, 4.69) is 10.6 Å². The first-order valence-corrected chi connectivity index (χ1v) is 10.8. The molecule has 0 radical (unpaired) electrons. The third kappa shape index (κ3) is 6.74. The Morgan fingerprint density at radius 3 is 2.42 bits per heavy atom. The Labute approximate surface area is 211 Å². The van der Waals surface area contributed by atoms with Gasteiger partial charge < -0.3 is 24.8 Å². The first-order chi connectivity index (χ1) is 17.3. The van der Waals surface area contributed by atoms with Crippen LogP contribution in [-0.4, -0.2) is 32.6 Å². The summed E-state index contributed by atoms with van der Waals surface area (Å²) in [7, 11) is 2.90. The van der Waals surface area contributed by atoms with E-state index in [0.717, 1.165) is 0 Å². The van der Waals surface area contributed by atoms with Crippen LogP contribution in [0.2, 0.25) is 5.02 Å². The fraction of sp³-hybridized carbons (Fsp3) is 0.115. The number of benzene rings is 3. The largest absolute Gasteiger partial charge is 0.497 e. The summed E-state index contributed by atoms with van der Waals surface area (Å²) < 4.78 is 29.6. The maximum Gasteiger partial charge on any atom is 0.266 e. The Morgan fingerprint density at radius 1 is 1.06 bits per heavy atom. The van der Waals surface area contributed by atoms with Gasteiger partial charge in [-0.15, -0.1) is 0 Å². The van der Waals surface area contributed by atoms with E-state index in [4.69, 9.17) is 25.8 Å². The molecule has 0 atom stereocenters. The summed E-state index contributed by atoms with van der Waals surface area (Å²) in [6.07, 6.45) is 1.34. The Morgan fingerprint density at radius 2 is 1.78 bits per heavy atom. The maximum absolute atomic E-state index is 13.7. The van der Waals surface area contributed by atoms with Gasteiger partial charge in [0.25, 0.3) is 11.8 Å². The molecule has 3 rings (SSSR count). The van der Waals surface area contributed by atoms with Gasteiger partial charge in [-0.05, 0) is 60.2 Å². The number of rotatable bonds is 9. The van der Waals surface area contributed by atoms with Gasteiger partial charge in [-0.2, -0.15) is 5.26 Å². The number of amides is 2. The Kier molecular flexibility index (Phi) is 8.86. The van der Waals surface area contributed by atoms with E-state index in [0.29, 0.717) is 17.0 Å². The molecule has 3 aromatic carbocycles. The molecule has 0 saturated carbocycles. The quantitative estimate of drug-likeness (QED) is 0.308. The molecule has 3 aromatic rings. The topological polar surface area (TPSA) is 110 Å². The lowest BCUT2D eigenvalue weighted by atomic mass is 10.1. The highest BCUT2D eigenvalue weighted by Crippen LogP contribution is 2.37. The van der Waals surface area contributed by atoms with Crippen molar-refractivity contribution in [2.45, 2.75) is 0 Å². The average molecular weight is 510 g/mol. The lowest BCUT2D eigenvalue weighted by molar-refractivity contribution is -0.118. The van der Waals surface area contributed by atoms with Gasteiger partial charge in [-0.25, -0.2) is 4.39 Å². The zero-order valence-electron chi connectivity index (χ0n) is 19.3. The Balaban J connectivity index is 1.73. The first-order valence-electron chi connectivity index (χ1n) is 10.5. The average Bonchev–Trinajstić information content (AvgIpc) is 2.88. The van der Waals surface area contributed by atoms with E-state index < -0.39 is 24.2 Å². The monoisotopic (exact) mass is 509 g/mol. The summed E-state index contributed by atoms with van der Waals surface area (Å²) in [5, 5.41) is 14.6. The van der Waals surface area contributed by atoms with Crippen molar-refractivity contribution in [3.8, 4) is 23.3 Å². The number of ether oxygens (including phenoxy) is 3. The van der Waals surface area contributed by atoms with Crippen molar-refractivity contribution in [2.24, 2.45) is 0 Å². The molecule has 8 nitrogen and oxygen atoms in total. The van der Waals surface area contributed by atoms with Gasteiger partial charge in [-0.1, -0.05) is 23.7 Å². The molecule has 0 heterocycles. The number of hydrogen-bond donors (Lipinski definition) is 2. The van der Waals surface area contributed by atoms with E-state index >= 15 is 0 Å². The van der Waals surface area contributed by atoms with E-state index in [1.807, 2.05) is 6.07 Å². The molecular weight excluding hydrogens is 489 g/mol. The summed E-state index contributed by atoms with van der Waals surface area (Å²) in [5.41, 5.74) is 0.708. The summed E-state index contributed by atoms with van der Waals surface area (Å²) >= 11 is 6.33. The van der Waals surface area contributed by atoms with Crippen LogP contribution in [0.5, 0.6) is 17.2 Å². The van der Waals surface area contributed by atoms with Crippen LogP contribution < -0.4 is 24.8 Å². The fourth-order valence-corrected chi connectivity index (χ4v) is 3.31. The summed E-state index contributed by atoms with van der Waals surface area (Å²) in [6.45, 7) is -0.465. The standard InChI is InChI=1S/C26H21ClFN3O5/c1-34-19-9-7-18(8-10-19)30-26(33)17(14-29)11-16-12-20(27)25(23(13-16)35-2)36-15-24(32)31-22-6-4-3-5-21(22)28/h3-13H,15H2,1-2H3,(H,30,33)(H,31,32)/b17-11-. The number of nitriles is 1. The molecule has 0 aliphatic rings. The molecule has 36 heavy (non-hydrogen) atoms. The van der Waals surface area contributed by atoms with Gasteiger partial charge in [0.15, 0.2) is 18.1 Å². The lowest BCUT2D eigenvalue weighted by Gasteiger charge is -2.14. The minimum absolute atomic E-state index is 0.0154. The number of hydrogen-bond acceptors (Lipinski definition) is 6. The van der Waals surface area contributed by atoms with Crippen molar-refractivity contribution >= 4 is 40.9 Å². The highest BCUT2D eigenvalue weighted by molar-refractivity contribution is 6.32. The van der Waals surface area contributed by atoms with Gasteiger partial charge in [0, 0.05) is 5.69 Å². The van der Waals surface area contributed by atoms with E-state index in [9.17, 15) is 19.2 Å². The van der Waals surface area contributed by atoms with Crippen LogP contribution in [0.15, 0.2) is 66.2 Å². The molecule has 0 fully saturated rings. The summed E-state index contributed by atoms with van der Waals surface area (Å²) in [5.74, 6) is -0.951. The highest BCUT2D eigenvalue weighted by atomic mass is 35.5. The van der Waals surface area contributed by atoms with Crippen LogP contribution in [0, 0.1) is 17.1 Å². The first kappa shape index (κ1) is 26.1. The molecule has 0 unspecified atom stereocenters. The minimum Gasteiger partial charge on any atom is -0.497 e. The normalized spacial score (nSPS) is 10.7. The highest BCUT2D eigenvalue weighted by Gasteiger charge is 2.16. The van der Waals surface area contributed by atoms with Crippen LogP contribution in [-0.2, 0) is 9.59 Å².